The fourth-order valence-electron chi connectivity index (χ4n) is 1.83. The lowest BCUT2D eigenvalue weighted by molar-refractivity contribution is 0.933. The highest BCUT2D eigenvalue weighted by Gasteiger charge is 1.96. The van der Waals surface area contributed by atoms with E-state index in [0.717, 1.165) is 22.9 Å². The molecule has 0 heterocycles. The van der Waals surface area contributed by atoms with E-state index in [2.05, 4.69) is 24.3 Å². The molecule has 3 heteroatoms. The number of benzene rings is 2. The normalized spacial score (nSPS) is 10.6. The van der Waals surface area contributed by atoms with Crippen LogP contribution in [0.5, 0.6) is 0 Å². The first-order valence-electron chi connectivity index (χ1n) is 6.40. The van der Waals surface area contributed by atoms with Gasteiger partial charge in [-0.1, -0.05) is 35.9 Å². The highest BCUT2D eigenvalue weighted by molar-refractivity contribution is 7.98. The van der Waals surface area contributed by atoms with Crippen LogP contribution in [-0.2, 0) is 12.2 Å². The van der Waals surface area contributed by atoms with Crippen LogP contribution in [0.15, 0.2) is 48.5 Å². The molecule has 0 amide bonds. The van der Waals surface area contributed by atoms with E-state index in [-0.39, 0.29) is 0 Å². The number of nitrogen functional groups attached to an aromatic ring is 1. The lowest BCUT2D eigenvalue weighted by Crippen LogP contribution is -1.90. The maximum Gasteiger partial charge on any atom is 0.0406 e. The number of hydrogen-bond donors (Lipinski definition) is 1. The van der Waals surface area contributed by atoms with Crippen molar-refractivity contribution in [1.29, 1.82) is 0 Å². The molecule has 100 valence electrons. The predicted molar refractivity (Wildman–Crippen MR) is 86.8 cm³/mol. The molecule has 0 fully saturated rings. The Morgan fingerprint density at radius 1 is 0.895 bits per heavy atom. The van der Waals surface area contributed by atoms with E-state index >= 15 is 0 Å². The Morgan fingerprint density at radius 2 is 1.53 bits per heavy atom. The van der Waals surface area contributed by atoms with Gasteiger partial charge in [0.05, 0.1) is 0 Å². The van der Waals surface area contributed by atoms with Gasteiger partial charge in [0.1, 0.15) is 0 Å². The summed E-state index contributed by atoms with van der Waals surface area (Å²) in [5, 5.41) is 0.803. The van der Waals surface area contributed by atoms with E-state index in [1.165, 1.54) is 23.3 Å². The summed E-state index contributed by atoms with van der Waals surface area (Å²) < 4.78 is 0. The molecule has 0 aromatic heterocycles. The zero-order chi connectivity index (χ0) is 13.5. The Balaban J connectivity index is 1.64. The number of nitrogens with two attached hydrogens (primary N) is 1. The van der Waals surface area contributed by atoms with E-state index in [9.17, 15) is 0 Å². The fraction of sp³-hybridized carbons (Fsp3) is 0.250. The van der Waals surface area contributed by atoms with Gasteiger partial charge in [-0.3, -0.25) is 0 Å². The van der Waals surface area contributed by atoms with E-state index in [4.69, 9.17) is 17.3 Å². The summed E-state index contributed by atoms with van der Waals surface area (Å²) >= 11 is 7.83. The average Bonchev–Trinajstić information content (AvgIpc) is 2.43. The largest absolute Gasteiger partial charge is 0.399 e. The van der Waals surface area contributed by atoms with Crippen LogP contribution >= 0.6 is 23.4 Å². The fourth-order valence-corrected chi connectivity index (χ4v) is 2.88. The van der Waals surface area contributed by atoms with Crippen LogP contribution in [0.4, 0.5) is 5.69 Å². The van der Waals surface area contributed by atoms with Gasteiger partial charge in [0.25, 0.3) is 0 Å². The zero-order valence-electron chi connectivity index (χ0n) is 10.8. The molecule has 0 spiro atoms. The summed E-state index contributed by atoms with van der Waals surface area (Å²) in [6, 6.07) is 16.2. The van der Waals surface area contributed by atoms with Crippen molar-refractivity contribution in [3.05, 3.63) is 64.7 Å². The Morgan fingerprint density at radius 3 is 2.21 bits per heavy atom. The van der Waals surface area contributed by atoms with Crippen LogP contribution in [-0.4, -0.2) is 5.75 Å². The number of thioether (sulfide) groups is 1. The van der Waals surface area contributed by atoms with Gasteiger partial charge >= 0.3 is 0 Å². The monoisotopic (exact) mass is 291 g/mol. The first-order valence-corrected chi connectivity index (χ1v) is 7.94. The number of aryl methyl sites for hydroxylation is 1. The SMILES string of the molecule is Nc1ccc(CCCSCc2ccc(Cl)cc2)cc1. The van der Waals surface area contributed by atoms with Crippen LogP contribution < -0.4 is 5.73 Å². The molecule has 2 aromatic rings. The van der Waals surface area contributed by atoms with Crippen LogP contribution in [0.3, 0.4) is 0 Å². The summed E-state index contributed by atoms with van der Waals surface area (Å²) in [6.45, 7) is 0. The van der Waals surface area contributed by atoms with Crippen molar-refractivity contribution >= 4 is 29.1 Å². The zero-order valence-corrected chi connectivity index (χ0v) is 12.4. The summed E-state index contributed by atoms with van der Waals surface area (Å²) in [5.41, 5.74) is 9.20. The van der Waals surface area contributed by atoms with Crippen LogP contribution in [0.1, 0.15) is 17.5 Å². The third kappa shape index (κ3) is 5.17. The van der Waals surface area contributed by atoms with E-state index in [1.807, 2.05) is 36.0 Å². The minimum absolute atomic E-state index is 0.803. The third-order valence-electron chi connectivity index (χ3n) is 2.92. The Bertz CT molecular complexity index is 446. The highest BCUT2D eigenvalue weighted by Crippen LogP contribution is 2.17. The van der Waals surface area contributed by atoms with Crippen molar-refractivity contribution in [2.24, 2.45) is 0 Å². The van der Waals surface area contributed by atoms with Gasteiger partial charge in [0.15, 0.2) is 0 Å². The number of anilines is 1. The average molecular weight is 292 g/mol. The van der Waals surface area contributed by atoms with Gasteiger partial charge in [-0.05, 0) is 54.0 Å². The molecule has 1 nitrogen and oxygen atoms in total. The van der Waals surface area contributed by atoms with E-state index < -0.39 is 0 Å². The van der Waals surface area contributed by atoms with Crippen molar-refractivity contribution in [2.75, 3.05) is 11.5 Å². The molecule has 0 atom stereocenters. The first kappa shape index (κ1) is 14.3. The molecular formula is C16H18ClNS. The molecule has 2 aromatic carbocycles. The lowest BCUT2D eigenvalue weighted by Gasteiger charge is -2.03. The maximum atomic E-state index is 5.86. The standard InChI is InChI=1S/C16H18ClNS/c17-15-7-3-14(4-8-15)12-19-11-1-2-13-5-9-16(18)10-6-13/h3-10H,1-2,11-12,18H2. The summed E-state index contributed by atoms with van der Waals surface area (Å²) in [4.78, 5) is 0. The quantitative estimate of drug-likeness (QED) is 0.612. The lowest BCUT2D eigenvalue weighted by atomic mass is 10.1. The second-order valence-corrected chi connectivity index (χ2v) is 6.07. The number of rotatable bonds is 6. The van der Waals surface area contributed by atoms with Gasteiger partial charge in [-0.15, -0.1) is 0 Å². The molecular weight excluding hydrogens is 274 g/mol. The smallest absolute Gasteiger partial charge is 0.0406 e. The van der Waals surface area contributed by atoms with Crippen molar-refractivity contribution in [2.45, 2.75) is 18.6 Å². The Hall–Kier alpha value is -1.12. The van der Waals surface area contributed by atoms with Crippen molar-refractivity contribution in [1.82, 2.24) is 0 Å². The van der Waals surface area contributed by atoms with Crippen molar-refractivity contribution < 1.29 is 0 Å². The van der Waals surface area contributed by atoms with Gasteiger partial charge in [0, 0.05) is 16.5 Å². The Kier molecular flexibility index (Phi) is 5.62. The first-order chi connectivity index (χ1) is 9.24. The second-order valence-electron chi connectivity index (χ2n) is 4.52. The third-order valence-corrected chi connectivity index (χ3v) is 4.28. The molecule has 0 aliphatic carbocycles. The number of hydrogen-bond acceptors (Lipinski definition) is 2. The van der Waals surface area contributed by atoms with Gasteiger partial charge in [0.2, 0.25) is 0 Å². The van der Waals surface area contributed by atoms with Crippen LogP contribution in [0, 0.1) is 0 Å². The van der Waals surface area contributed by atoms with Gasteiger partial charge in [-0.2, -0.15) is 11.8 Å². The maximum absolute atomic E-state index is 5.86. The summed E-state index contributed by atoms with van der Waals surface area (Å²) in [5.74, 6) is 2.23. The Labute approximate surface area is 124 Å². The molecule has 0 bridgehead atoms. The van der Waals surface area contributed by atoms with Crippen LogP contribution in [0.25, 0.3) is 0 Å². The topological polar surface area (TPSA) is 26.0 Å². The van der Waals surface area contributed by atoms with Gasteiger partial charge < -0.3 is 5.73 Å². The molecule has 2 N–H and O–H groups in total. The molecule has 2 rings (SSSR count). The minimum Gasteiger partial charge on any atom is -0.399 e. The molecule has 0 saturated heterocycles. The predicted octanol–water partition coefficient (Wildman–Crippen LogP) is 4.79. The van der Waals surface area contributed by atoms with Gasteiger partial charge in [-0.25, -0.2) is 0 Å². The minimum atomic E-state index is 0.803. The van der Waals surface area contributed by atoms with Crippen molar-refractivity contribution in [3.63, 3.8) is 0 Å². The van der Waals surface area contributed by atoms with E-state index in [0.29, 0.717) is 0 Å². The summed E-state index contributed by atoms with van der Waals surface area (Å²) in [7, 11) is 0. The molecule has 0 unspecified atom stereocenters. The molecule has 0 aliphatic heterocycles. The summed E-state index contributed by atoms with van der Waals surface area (Å²) in [6.07, 6.45) is 2.32. The van der Waals surface area contributed by atoms with Crippen LogP contribution in [0.2, 0.25) is 5.02 Å². The second kappa shape index (κ2) is 7.46. The molecule has 0 radical (unpaired) electrons. The molecule has 0 aliphatic rings. The molecule has 19 heavy (non-hydrogen) atoms. The van der Waals surface area contributed by atoms with Crippen molar-refractivity contribution in [3.8, 4) is 0 Å². The highest BCUT2D eigenvalue weighted by atomic mass is 35.5. The van der Waals surface area contributed by atoms with E-state index in [1.54, 1.807) is 0 Å². The molecule has 0 saturated carbocycles. The number of halogens is 1.